The molecular weight excluding hydrogens is 282 g/mol. The van der Waals surface area contributed by atoms with Gasteiger partial charge in [-0.25, -0.2) is 8.42 Å². The molecule has 0 aliphatic heterocycles. The first-order valence-corrected chi connectivity index (χ1v) is 9.43. The minimum Gasteiger partial charge on any atom is -0.324 e. The highest BCUT2D eigenvalue weighted by molar-refractivity contribution is 7.92. The third-order valence-corrected chi connectivity index (χ3v) is 7.27. The largest absolute Gasteiger partial charge is 0.324 e. The van der Waals surface area contributed by atoms with Crippen LogP contribution in [0.3, 0.4) is 0 Å². The standard InChI is InChI=1S/C17H27NO2S/c1-17(2,3)21(19,20)12-11-14-9-6-8-13-7-4-5-10-15(13)16(14)18/h4-5,7,10,14,16H,6,8-9,11-12,18H2,1-3H3. The summed E-state index contributed by atoms with van der Waals surface area (Å²) in [6.07, 6.45) is 3.81. The minimum atomic E-state index is -3.07. The van der Waals surface area contributed by atoms with E-state index in [4.69, 9.17) is 5.73 Å². The van der Waals surface area contributed by atoms with Gasteiger partial charge in [0.25, 0.3) is 0 Å². The van der Waals surface area contributed by atoms with Crippen LogP contribution in [0.25, 0.3) is 0 Å². The number of sulfone groups is 1. The van der Waals surface area contributed by atoms with Crippen LogP contribution >= 0.6 is 0 Å². The van der Waals surface area contributed by atoms with Gasteiger partial charge >= 0.3 is 0 Å². The number of rotatable bonds is 3. The lowest BCUT2D eigenvalue weighted by atomic mass is 9.89. The van der Waals surface area contributed by atoms with E-state index in [9.17, 15) is 8.42 Å². The van der Waals surface area contributed by atoms with E-state index in [1.807, 2.05) is 6.07 Å². The lowest BCUT2D eigenvalue weighted by Gasteiger charge is -2.25. The number of hydrogen-bond donors (Lipinski definition) is 1. The van der Waals surface area contributed by atoms with Crippen molar-refractivity contribution >= 4 is 9.84 Å². The molecule has 0 aromatic heterocycles. The molecule has 2 N–H and O–H groups in total. The quantitative estimate of drug-likeness (QED) is 0.872. The van der Waals surface area contributed by atoms with Crippen LogP contribution in [-0.4, -0.2) is 18.9 Å². The van der Waals surface area contributed by atoms with Crippen LogP contribution in [0, 0.1) is 5.92 Å². The fourth-order valence-electron chi connectivity index (χ4n) is 3.01. The van der Waals surface area contributed by atoms with Crippen molar-refractivity contribution < 1.29 is 8.42 Å². The zero-order chi connectivity index (χ0) is 15.7. The Labute approximate surface area is 128 Å². The molecule has 0 bridgehead atoms. The van der Waals surface area contributed by atoms with Crippen LogP contribution in [0.2, 0.25) is 0 Å². The fraction of sp³-hybridized carbons (Fsp3) is 0.647. The molecule has 0 saturated heterocycles. The van der Waals surface area contributed by atoms with Gasteiger partial charge in [0.1, 0.15) is 0 Å². The highest BCUT2D eigenvalue weighted by Gasteiger charge is 2.31. The van der Waals surface area contributed by atoms with Crippen molar-refractivity contribution in [1.29, 1.82) is 0 Å². The number of benzene rings is 1. The topological polar surface area (TPSA) is 60.2 Å². The summed E-state index contributed by atoms with van der Waals surface area (Å²) in [7, 11) is -3.07. The lowest BCUT2D eigenvalue weighted by Crippen LogP contribution is -2.32. The summed E-state index contributed by atoms with van der Waals surface area (Å²) in [6, 6.07) is 8.27. The molecular formula is C17H27NO2S. The molecule has 2 unspecified atom stereocenters. The number of aryl methyl sites for hydroxylation is 1. The second-order valence-electron chi connectivity index (χ2n) is 7.10. The van der Waals surface area contributed by atoms with E-state index in [1.165, 1.54) is 11.1 Å². The minimum absolute atomic E-state index is 0.0427. The summed E-state index contributed by atoms with van der Waals surface area (Å²) in [5.74, 6) is 0.489. The van der Waals surface area contributed by atoms with E-state index in [0.29, 0.717) is 6.42 Å². The Balaban J connectivity index is 2.12. The van der Waals surface area contributed by atoms with Gasteiger partial charge in [0, 0.05) is 6.04 Å². The van der Waals surface area contributed by atoms with Crippen LogP contribution in [0.1, 0.15) is 57.2 Å². The van der Waals surface area contributed by atoms with Crippen molar-refractivity contribution in [1.82, 2.24) is 0 Å². The van der Waals surface area contributed by atoms with Gasteiger partial charge in [-0.15, -0.1) is 0 Å². The SMILES string of the molecule is CC(C)(C)S(=O)(=O)CCC1CCCc2ccccc2C1N. The zero-order valence-corrected chi connectivity index (χ0v) is 14.1. The van der Waals surface area contributed by atoms with Gasteiger partial charge in [0.05, 0.1) is 10.5 Å². The predicted molar refractivity (Wildman–Crippen MR) is 88.0 cm³/mol. The summed E-state index contributed by atoms with van der Waals surface area (Å²) in [5.41, 5.74) is 8.96. The van der Waals surface area contributed by atoms with Gasteiger partial charge in [-0.1, -0.05) is 24.3 Å². The van der Waals surface area contributed by atoms with Crippen LogP contribution in [0.4, 0.5) is 0 Å². The van der Waals surface area contributed by atoms with Gasteiger partial charge in [-0.3, -0.25) is 0 Å². The third-order valence-electron chi connectivity index (χ3n) is 4.63. The van der Waals surface area contributed by atoms with E-state index in [-0.39, 0.29) is 17.7 Å². The second-order valence-corrected chi connectivity index (χ2v) is 9.96. The molecule has 4 heteroatoms. The summed E-state index contributed by atoms with van der Waals surface area (Å²) < 4.78 is 23.9. The van der Waals surface area contributed by atoms with Crippen molar-refractivity contribution in [3.05, 3.63) is 35.4 Å². The first-order valence-electron chi connectivity index (χ1n) is 7.78. The number of hydrogen-bond acceptors (Lipinski definition) is 3. The Hall–Kier alpha value is -0.870. The van der Waals surface area contributed by atoms with Gasteiger partial charge < -0.3 is 5.73 Å². The zero-order valence-electron chi connectivity index (χ0n) is 13.3. The van der Waals surface area contributed by atoms with Crippen molar-refractivity contribution in [2.75, 3.05) is 5.75 Å². The first kappa shape index (κ1) is 16.5. The first-order chi connectivity index (χ1) is 9.72. The van der Waals surface area contributed by atoms with Crippen LogP contribution in [-0.2, 0) is 16.3 Å². The van der Waals surface area contributed by atoms with Crippen LogP contribution in [0.5, 0.6) is 0 Å². The molecule has 1 aromatic rings. The monoisotopic (exact) mass is 309 g/mol. The van der Waals surface area contributed by atoms with Crippen LogP contribution in [0.15, 0.2) is 24.3 Å². The van der Waals surface area contributed by atoms with Crippen molar-refractivity contribution in [3.8, 4) is 0 Å². The molecule has 3 nitrogen and oxygen atoms in total. The van der Waals surface area contributed by atoms with Gasteiger partial charge in [-0.05, 0) is 63.5 Å². The van der Waals surface area contributed by atoms with Crippen molar-refractivity contribution in [2.24, 2.45) is 11.7 Å². The molecule has 0 spiro atoms. The highest BCUT2D eigenvalue weighted by atomic mass is 32.2. The van der Waals surface area contributed by atoms with Crippen molar-refractivity contribution in [3.63, 3.8) is 0 Å². The molecule has 0 saturated carbocycles. The summed E-state index contributed by atoms with van der Waals surface area (Å²) in [5, 5.41) is 0. The molecule has 0 heterocycles. The Morgan fingerprint density at radius 2 is 1.90 bits per heavy atom. The Morgan fingerprint density at radius 3 is 2.57 bits per heavy atom. The van der Waals surface area contributed by atoms with Crippen LogP contribution < -0.4 is 5.73 Å². The van der Waals surface area contributed by atoms with E-state index in [0.717, 1.165) is 19.3 Å². The summed E-state index contributed by atoms with van der Waals surface area (Å²) >= 11 is 0. The molecule has 0 fully saturated rings. The molecule has 2 atom stereocenters. The summed E-state index contributed by atoms with van der Waals surface area (Å²) in [6.45, 7) is 5.31. The number of nitrogens with two attached hydrogens (primary N) is 1. The molecule has 1 aliphatic rings. The van der Waals surface area contributed by atoms with E-state index < -0.39 is 14.6 Å². The highest BCUT2D eigenvalue weighted by Crippen LogP contribution is 2.34. The third kappa shape index (κ3) is 3.67. The molecule has 1 aliphatic carbocycles. The van der Waals surface area contributed by atoms with E-state index >= 15 is 0 Å². The molecule has 2 rings (SSSR count). The van der Waals surface area contributed by atoms with Gasteiger partial charge in [0.2, 0.25) is 0 Å². The second kappa shape index (κ2) is 6.09. The normalized spacial score (nSPS) is 23.4. The van der Waals surface area contributed by atoms with E-state index in [1.54, 1.807) is 20.8 Å². The lowest BCUT2D eigenvalue weighted by molar-refractivity contribution is 0.391. The average molecular weight is 309 g/mol. The van der Waals surface area contributed by atoms with Gasteiger partial charge in [0.15, 0.2) is 9.84 Å². The predicted octanol–water partition coefficient (Wildman–Crippen LogP) is 3.24. The molecule has 1 aromatic carbocycles. The fourth-order valence-corrected chi connectivity index (χ4v) is 4.24. The number of fused-ring (bicyclic) bond motifs is 1. The molecule has 118 valence electrons. The smallest absolute Gasteiger partial charge is 0.155 e. The maximum absolute atomic E-state index is 12.3. The maximum Gasteiger partial charge on any atom is 0.155 e. The molecule has 0 radical (unpaired) electrons. The summed E-state index contributed by atoms with van der Waals surface area (Å²) in [4.78, 5) is 0. The van der Waals surface area contributed by atoms with E-state index in [2.05, 4.69) is 18.2 Å². The Bertz CT molecular complexity index is 587. The molecule has 21 heavy (non-hydrogen) atoms. The molecule has 0 amide bonds. The Kier molecular flexibility index (Phi) is 4.79. The van der Waals surface area contributed by atoms with Gasteiger partial charge in [-0.2, -0.15) is 0 Å². The maximum atomic E-state index is 12.3. The average Bonchev–Trinajstić information content (AvgIpc) is 2.55. The van der Waals surface area contributed by atoms with Crippen molar-refractivity contribution in [2.45, 2.75) is 57.2 Å². The Morgan fingerprint density at radius 1 is 1.24 bits per heavy atom.